The normalized spacial score (nSPS) is 12.8. The average Bonchev–Trinajstić information content (AvgIpc) is 3.23. The molecule has 0 saturated heterocycles. The topological polar surface area (TPSA) is 87.7 Å². The van der Waals surface area contributed by atoms with E-state index in [9.17, 15) is 14.7 Å². The first-order chi connectivity index (χ1) is 13.0. The molecule has 0 aliphatic heterocycles. The standard InChI is InChI=1S/C20H18N2O4S/c1-14-9-11-15(12-10-14)18(23)21-22-26-19(24)20(25,17-8-5-13-27-17)16-6-3-2-4-7-16/h2-13,22,25H,1H3,(H,21,23). The first-order valence-corrected chi connectivity index (χ1v) is 9.05. The summed E-state index contributed by atoms with van der Waals surface area (Å²) in [6.45, 7) is 1.91. The molecular formula is C20H18N2O4S. The molecule has 138 valence electrons. The third-order valence-electron chi connectivity index (χ3n) is 3.99. The summed E-state index contributed by atoms with van der Waals surface area (Å²) in [6, 6.07) is 18.7. The number of hydrogen-bond donors (Lipinski definition) is 3. The second kappa shape index (κ2) is 8.13. The quantitative estimate of drug-likeness (QED) is 0.571. The summed E-state index contributed by atoms with van der Waals surface area (Å²) in [6.07, 6.45) is 0. The predicted octanol–water partition coefficient (Wildman–Crippen LogP) is 2.69. The van der Waals surface area contributed by atoms with Gasteiger partial charge in [0.1, 0.15) is 0 Å². The molecule has 0 aliphatic carbocycles. The van der Waals surface area contributed by atoms with Crippen molar-refractivity contribution in [2.75, 3.05) is 0 Å². The molecule has 0 fully saturated rings. The van der Waals surface area contributed by atoms with Crippen LogP contribution in [0.3, 0.4) is 0 Å². The molecule has 1 aromatic heterocycles. The van der Waals surface area contributed by atoms with E-state index >= 15 is 0 Å². The van der Waals surface area contributed by atoms with E-state index in [1.807, 2.05) is 6.92 Å². The van der Waals surface area contributed by atoms with Gasteiger partial charge in [0, 0.05) is 11.1 Å². The zero-order chi connectivity index (χ0) is 19.3. The van der Waals surface area contributed by atoms with Crippen molar-refractivity contribution in [2.24, 2.45) is 0 Å². The van der Waals surface area contributed by atoms with Crippen LogP contribution < -0.4 is 11.0 Å². The van der Waals surface area contributed by atoms with Crippen LogP contribution in [-0.2, 0) is 15.2 Å². The molecule has 1 atom stereocenters. The molecule has 7 heteroatoms. The lowest BCUT2D eigenvalue weighted by molar-refractivity contribution is -0.171. The monoisotopic (exact) mass is 382 g/mol. The fourth-order valence-corrected chi connectivity index (χ4v) is 3.33. The van der Waals surface area contributed by atoms with E-state index in [1.165, 1.54) is 11.3 Å². The number of hydrazine groups is 1. The van der Waals surface area contributed by atoms with Crippen LogP contribution in [0.2, 0.25) is 0 Å². The van der Waals surface area contributed by atoms with Crippen LogP contribution in [-0.4, -0.2) is 17.0 Å². The molecule has 3 rings (SSSR count). The van der Waals surface area contributed by atoms with Crippen LogP contribution in [0, 0.1) is 6.92 Å². The Morgan fingerprint density at radius 3 is 2.33 bits per heavy atom. The van der Waals surface area contributed by atoms with Gasteiger partial charge in [-0.25, -0.2) is 4.79 Å². The number of rotatable bonds is 6. The Hall–Kier alpha value is -3.00. The third-order valence-corrected chi connectivity index (χ3v) is 4.97. The van der Waals surface area contributed by atoms with Crippen LogP contribution in [0.1, 0.15) is 26.4 Å². The molecule has 6 nitrogen and oxygen atoms in total. The summed E-state index contributed by atoms with van der Waals surface area (Å²) in [5, 5.41) is 12.9. The Kier molecular flexibility index (Phi) is 5.66. The molecule has 1 unspecified atom stereocenters. The highest BCUT2D eigenvalue weighted by molar-refractivity contribution is 7.10. The van der Waals surface area contributed by atoms with Gasteiger partial charge in [0.05, 0.1) is 4.88 Å². The van der Waals surface area contributed by atoms with Gasteiger partial charge in [-0.2, -0.15) is 0 Å². The van der Waals surface area contributed by atoms with Gasteiger partial charge in [-0.1, -0.05) is 59.7 Å². The minimum Gasteiger partial charge on any atom is -0.370 e. The van der Waals surface area contributed by atoms with E-state index in [4.69, 9.17) is 4.84 Å². The highest BCUT2D eigenvalue weighted by Crippen LogP contribution is 2.33. The largest absolute Gasteiger partial charge is 0.370 e. The molecular weight excluding hydrogens is 364 g/mol. The average molecular weight is 382 g/mol. The van der Waals surface area contributed by atoms with Crippen LogP contribution in [0.15, 0.2) is 72.1 Å². The molecule has 1 amide bonds. The number of nitrogens with one attached hydrogen (secondary N) is 2. The number of hydrogen-bond acceptors (Lipinski definition) is 6. The van der Waals surface area contributed by atoms with E-state index < -0.39 is 17.5 Å². The molecule has 3 aromatic rings. The Balaban J connectivity index is 1.70. The van der Waals surface area contributed by atoms with Crippen molar-refractivity contribution in [3.63, 3.8) is 0 Å². The lowest BCUT2D eigenvalue weighted by atomic mass is 9.92. The maximum Gasteiger partial charge on any atom is 0.368 e. The summed E-state index contributed by atoms with van der Waals surface area (Å²) in [4.78, 5) is 30.1. The summed E-state index contributed by atoms with van der Waals surface area (Å²) in [5.74, 6) is -1.43. The zero-order valence-corrected chi connectivity index (χ0v) is 15.3. The van der Waals surface area contributed by atoms with Crippen molar-refractivity contribution in [2.45, 2.75) is 12.5 Å². The Morgan fingerprint density at radius 2 is 1.70 bits per heavy atom. The minimum atomic E-state index is -1.99. The number of amides is 1. The Bertz CT molecular complexity index is 911. The summed E-state index contributed by atoms with van der Waals surface area (Å²) >= 11 is 1.23. The van der Waals surface area contributed by atoms with Crippen LogP contribution in [0.25, 0.3) is 0 Å². The van der Waals surface area contributed by atoms with Crippen molar-refractivity contribution >= 4 is 23.2 Å². The summed E-state index contributed by atoms with van der Waals surface area (Å²) < 4.78 is 0. The highest BCUT2D eigenvalue weighted by Gasteiger charge is 2.43. The highest BCUT2D eigenvalue weighted by atomic mass is 32.1. The van der Waals surface area contributed by atoms with E-state index in [0.29, 0.717) is 16.0 Å². The second-order valence-corrected chi connectivity index (χ2v) is 6.81. The van der Waals surface area contributed by atoms with Gasteiger partial charge in [0.2, 0.25) is 5.60 Å². The molecule has 0 spiro atoms. The van der Waals surface area contributed by atoms with Gasteiger partial charge in [0.25, 0.3) is 5.91 Å². The lowest BCUT2D eigenvalue weighted by Gasteiger charge is -2.25. The van der Waals surface area contributed by atoms with Gasteiger partial charge in [-0.3, -0.25) is 10.2 Å². The first-order valence-electron chi connectivity index (χ1n) is 8.17. The van der Waals surface area contributed by atoms with Crippen molar-refractivity contribution in [1.29, 1.82) is 0 Å². The number of aliphatic hydroxyl groups is 1. The molecule has 1 heterocycles. The molecule has 0 radical (unpaired) electrons. The molecule has 3 N–H and O–H groups in total. The first kappa shape index (κ1) is 18.8. The van der Waals surface area contributed by atoms with Crippen LogP contribution in [0.4, 0.5) is 0 Å². The SMILES string of the molecule is Cc1ccc(C(=O)NNOC(=O)C(O)(c2ccccc2)c2cccs2)cc1. The van der Waals surface area contributed by atoms with E-state index in [1.54, 1.807) is 72.1 Å². The summed E-state index contributed by atoms with van der Waals surface area (Å²) in [7, 11) is 0. The van der Waals surface area contributed by atoms with Gasteiger partial charge in [0.15, 0.2) is 0 Å². The van der Waals surface area contributed by atoms with E-state index in [0.717, 1.165) is 5.56 Å². The smallest absolute Gasteiger partial charge is 0.368 e. The Morgan fingerprint density at radius 1 is 1.00 bits per heavy atom. The van der Waals surface area contributed by atoms with Crippen molar-refractivity contribution in [1.82, 2.24) is 11.0 Å². The lowest BCUT2D eigenvalue weighted by Crippen LogP contribution is -2.45. The molecule has 27 heavy (non-hydrogen) atoms. The molecule has 0 saturated carbocycles. The fraction of sp³-hybridized carbons (Fsp3) is 0.100. The van der Waals surface area contributed by atoms with E-state index in [2.05, 4.69) is 11.0 Å². The van der Waals surface area contributed by atoms with Crippen LogP contribution in [0.5, 0.6) is 0 Å². The van der Waals surface area contributed by atoms with Crippen molar-refractivity contribution < 1.29 is 19.5 Å². The minimum absolute atomic E-state index is 0.365. The maximum atomic E-state index is 12.6. The van der Waals surface area contributed by atoms with Crippen molar-refractivity contribution in [3.8, 4) is 0 Å². The number of thiophene rings is 1. The van der Waals surface area contributed by atoms with Gasteiger partial charge >= 0.3 is 5.97 Å². The van der Waals surface area contributed by atoms with Crippen LogP contribution >= 0.6 is 11.3 Å². The molecule has 0 bridgehead atoms. The number of carbonyl (C=O) groups is 2. The maximum absolute atomic E-state index is 12.6. The van der Waals surface area contributed by atoms with Crippen molar-refractivity contribution in [3.05, 3.63) is 93.7 Å². The third kappa shape index (κ3) is 4.06. The predicted molar refractivity (Wildman–Crippen MR) is 102 cm³/mol. The van der Waals surface area contributed by atoms with E-state index in [-0.39, 0.29) is 0 Å². The number of aryl methyl sites for hydroxylation is 1. The molecule has 2 aromatic carbocycles. The number of benzene rings is 2. The number of carbonyl (C=O) groups excluding carboxylic acids is 2. The fourth-order valence-electron chi connectivity index (χ4n) is 2.49. The van der Waals surface area contributed by atoms with Gasteiger partial charge in [-0.05, 0) is 30.5 Å². The van der Waals surface area contributed by atoms with Gasteiger partial charge in [-0.15, -0.1) is 11.3 Å². The zero-order valence-electron chi connectivity index (χ0n) is 14.5. The van der Waals surface area contributed by atoms with Gasteiger partial charge < -0.3 is 9.94 Å². The summed E-state index contributed by atoms with van der Waals surface area (Å²) in [5.41, 5.74) is 4.21. The Labute approximate surface area is 160 Å². The second-order valence-electron chi connectivity index (χ2n) is 5.87. The molecule has 0 aliphatic rings.